The van der Waals surface area contributed by atoms with Gasteiger partial charge in [0.2, 0.25) is 6.10 Å². The molecular weight excluding hydrogens is 279 g/mol. The van der Waals surface area contributed by atoms with E-state index in [0.717, 1.165) is 17.0 Å². The Kier molecular flexibility index (Phi) is 3.56. The lowest BCUT2D eigenvalue weighted by Crippen LogP contribution is -2.27. The second kappa shape index (κ2) is 5.03. The van der Waals surface area contributed by atoms with Crippen LogP contribution in [0.4, 0.5) is 18.0 Å². The average Bonchev–Trinajstić information content (AvgIpc) is 2.70. The Morgan fingerprint density at radius 3 is 2.70 bits per heavy atom. The van der Waals surface area contributed by atoms with Gasteiger partial charge in [-0.25, -0.2) is 9.59 Å². The lowest BCUT2D eigenvalue weighted by molar-refractivity contribution is -0.144. The Bertz CT molecular complexity index is 544. The van der Waals surface area contributed by atoms with Crippen LogP contribution in [0.2, 0.25) is 0 Å². The van der Waals surface area contributed by atoms with Gasteiger partial charge >= 0.3 is 18.2 Å². The summed E-state index contributed by atoms with van der Waals surface area (Å²) in [5.74, 6) is -1.29. The fraction of sp³-hybridized carbons (Fsp3) is 0.333. The first-order valence-corrected chi connectivity index (χ1v) is 5.62. The quantitative estimate of drug-likeness (QED) is 0.925. The van der Waals surface area contributed by atoms with Crippen LogP contribution in [0.5, 0.6) is 0 Å². The van der Waals surface area contributed by atoms with Crippen LogP contribution >= 0.6 is 0 Å². The molecule has 0 aromatic heterocycles. The van der Waals surface area contributed by atoms with Gasteiger partial charge in [-0.3, -0.25) is 4.90 Å². The number of cyclic esters (lactones) is 1. The van der Waals surface area contributed by atoms with Crippen molar-refractivity contribution in [2.75, 3.05) is 6.54 Å². The van der Waals surface area contributed by atoms with Crippen molar-refractivity contribution in [3.05, 3.63) is 35.4 Å². The molecule has 0 unspecified atom stereocenters. The van der Waals surface area contributed by atoms with E-state index >= 15 is 0 Å². The van der Waals surface area contributed by atoms with E-state index in [-0.39, 0.29) is 18.7 Å². The average molecular weight is 289 g/mol. The number of ether oxygens (including phenoxy) is 1. The third-order valence-electron chi connectivity index (χ3n) is 2.79. The normalized spacial score (nSPS) is 19.1. The number of carbonyl (C=O) groups excluding carboxylic acids is 1. The minimum Gasteiger partial charge on any atom is -0.478 e. The predicted molar refractivity (Wildman–Crippen MR) is 59.8 cm³/mol. The molecule has 1 aliphatic rings. The van der Waals surface area contributed by atoms with E-state index < -0.39 is 29.9 Å². The lowest BCUT2D eigenvalue weighted by Gasteiger charge is -2.14. The van der Waals surface area contributed by atoms with E-state index in [9.17, 15) is 22.8 Å². The molecular formula is C12H10F3NO4. The van der Waals surface area contributed by atoms with Crippen molar-refractivity contribution < 1.29 is 32.6 Å². The number of carboxylic acid groups (broad SMARTS) is 1. The summed E-state index contributed by atoms with van der Waals surface area (Å²) in [7, 11) is 0. The Morgan fingerprint density at radius 2 is 2.15 bits per heavy atom. The van der Waals surface area contributed by atoms with Crippen molar-refractivity contribution in [1.29, 1.82) is 0 Å². The highest BCUT2D eigenvalue weighted by Gasteiger charge is 2.36. The van der Waals surface area contributed by atoms with Gasteiger partial charge in [0, 0.05) is 6.54 Å². The lowest BCUT2D eigenvalue weighted by atomic mass is 10.1. The first-order chi connectivity index (χ1) is 9.27. The SMILES string of the molecule is O=C(O)[C@H]1CN(Cc2cccc(C(F)(F)F)c2)C(=O)O1. The van der Waals surface area contributed by atoms with E-state index in [2.05, 4.69) is 4.74 Å². The highest BCUT2D eigenvalue weighted by molar-refractivity contribution is 5.81. The van der Waals surface area contributed by atoms with E-state index in [4.69, 9.17) is 5.11 Å². The molecule has 0 spiro atoms. The van der Waals surface area contributed by atoms with Gasteiger partial charge in [-0.15, -0.1) is 0 Å². The number of aliphatic carboxylic acids is 1. The number of alkyl halides is 3. The second-order valence-corrected chi connectivity index (χ2v) is 4.29. The molecule has 108 valence electrons. The van der Waals surface area contributed by atoms with Crippen LogP contribution in [-0.2, 0) is 22.3 Å². The maximum Gasteiger partial charge on any atom is 0.416 e. The van der Waals surface area contributed by atoms with E-state index in [0.29, 0.717) is 0 Å². The number of nitrogens with zero attached hydrogens (tertiary/aromatic N) is 1. The number of amides is 1. The number of hydrogen-bond acceptors (Lipinski definition) is 3. The summed E-state index contributed by atoms with van der Waals surface area (Å²) in [6.07, 6.45) is -6.60. The standard InChI is InChI=1S/C12H10F3NO4/c13-12(14,15)8-3-1-2-7(4-8)5-16-6-9(10(17)18)20-11(16)19/h1-4,9H,5-6H2,(H,17,18)/t9-/m1/s1. The summed E-state index contributed by atoms with van der Waals surface area (Å²) in [5.41, 5.74) is -0.569. The largest absolute Gasteiger partial charge is 0.478 e. The summed E-state index contributed by atoms with van der Waals surface area (Å²) >= 11 is 0. The third-order valence-corrected chi connectivity index (χ3v) is 2.79. The van der Waals surface area contributed by atoms with E-state index in [1.54, 1.807) is 0 Å². The molecule has 20 heavy (non-hydrogen) atoms. The molecule has 0 saturated carbocycles. The molecule has 1 N–H and O–H groups in total. The molecule has 1 saturated heterocycles. The topological polar surface area (TPSA) is 66.8 Å². The summed E-state index contributed by atoms with van der Waals surface area (Å²) in [6.45, 7) is -0.322. The van der Waals surface area contributed by atoms with Gasteiger partial charge in [-0.1, -0.05) is 12.1 Å². The Labute approximate surface area is 111 Å². The molecule has 1 aromatic rings. The number of benzene rings is 1. The van der Waals surface area contributed by atoms with Crippen LogP contribution in [0, 0.1) is 0 Å². The van der Waals surface area contributed by atoms with E-state index in [1.165, 1.54) is 12.1 Å². The van der Waals surface area contributed by atoms with E-state index in [1.807, 2.05) is 0 Å². The Balaban J connectivity index is 2.11. The predicted octanol–water partition coefficient (Wildman–Crippen LogP) is 2.11. The molecule has 1 aliphatic heterocycles. The molecule has 1 amide bonds. The van der Waals surface area contributed by atoms with Crippen LogP contribution < -0.4 is 0 Å². The van der Waals surface area contributed by atoms with Gasteiger partial charge in [0.25, 0.3) is 0 Å². The summed E-state index contributed by atoms with van der Waals surface area (Å²) in [6, 6.07) is 4.50. The molecule has 0 bridgehead atoms. The highest BCUT2D eigenvalue weighted by atomic mass is 19.4. The Hall–Kier alpha value is -2.25. The minimum absolute atomic E-state index is 0.132. The fourth-order valence-corrected chi connectivity index (χ4v) is 1.83. The monoisotopic (exact) mass is 289 g/mol. The van der Waals surface area contributed by atoms with Crippen LogP contribution in [-0.4, -0.2) is 34.7 Å². The second-order valence-electron chi connectivity index (χ2n) is 4.29. The first kappa shape index (κ1) is 14.2. The zero-order valence-corrected chi connectivity index (χ0v) is 10.1. The smallest absolute Gasteiger partial charge is 0.416 e. The summed E-state index contributed by atoms with van der Waals surface area (Å²) in [4.78, 5) is 23.1. The highest BCUT2D eigenvalue weighted by Crippen LogP contribution is 2.30. The molecule has 1 atom stereocenters. The summed E-state index contributed by atoms with van der Waals surface area (Å²) in [5, 5.41) is 8.71. The number of rotatable bonds is 3. The van der Waals surface area contributed by atoms with Crippen molar-refractivity contribution >= 4 is 12.1 Å². The van der Waals surface area contributed by atoms with Gasteiger partial charge in [-0.2, -0.15) is 13.2 Å². The van der Waals surface area contributed by atoms with Crippen LogP contribution in [0.3, 0.4) is 0 Å². The first-order valence-electron chi connectivity index (χ1n) is 5.62. The van der Waals surface area contributed by atoms with Crippen molar-refractivity contribution in [3.8, 4) is 0 Å². The molecule has 5 nitrogen and oxygen atoms in total. The van der Waals surface area contributed by atoms with Crippen LogP contribution in [0.25, 0.3) is 0 Å². The maximum absolute atomic E-state index is 12.5. The molecule has 2 rings (SSSR count). The van der Waals surface area contributed by atoms with Gasteiger partial charge in [0.1, 0.15) is 0 Å². The molecule has 1 aromatic carbocycles. The van der Waals surface area contributed by atoms with Gasteiger partial charge in [0.05, 0.1) is 12.1 Å². The van der Waals surface area contributed by atoms with Crippen LogP contribution in [0.1, 0.15) is 11.1 Å². The zero-order chi connectivity index (χ0) is 14.9. The molecule has 0 aliphatic carbocycles. The number of carboxylic acids is 1. The zero-order valence-electron chi connectivity index (χ0n) is 10.1. The van der Waals surface area contributed by atoms with Gasteiger partial charge < -0.3 is 9.84 Å². The number of hydrogen-bond donors (Lipinski definition) is 1. The van der Waals surface area contributed by atoms with Gasteiger partial charge in [-0.05, 0) is 17.7 Å². The number of halogens is 3. The van der Waals surface area contributed by atoms with Crippen molar-refractivity contribution in [2.45, 2.75) is 18.8 Å². The van der Waals surface area contributed by atoms with Crippen molar-refractivity contribution in [3.63, 3.8) is 0 Å². The molecule has 8 heteroatoms. The molecule has 1 fully saturated rings. The Morgan fingerprint density at radius 1 is 1.45 bits per heavy atom. The van der Waals surface area contributed by atoms with Crippen molar-refractivity contribution in [1.82, 2.24) is 4.90 Å². The van der Waals surface area contributed by atoms with Gasteiger partial charge in [0.15, 0.2) is 0 Å². The van der Waals surface area contributed by atoms with Crippen LogP contribution in [0.15, 0.2) is 24.3 Å². The minimum atomic E-state index is -4.47. The maximum atomic E-state index is 12.5. The summed E-state index contributed by atoms with van der Waals surface area (Å²) < 4.78 is 42.2. The fourth-order valence-electron chi connectivity index (χ4n) is 1.83. The molecule has 0 radical (unpaired) electrons. The third kappa shape index (κ3) is 3.01. The molecule has 1 heterocycles. The van der Waals surface area contributed by atoms with Crippen molar-refractivity contribution in [2.24, 2.45) is 0 Å². The number of carbonyl (C=O) groups is 2.